The first kappa shape index (κ1) is 27.2. The van der Waals surface area contributed by atoms with Crippen molar-refractivity contribution in [1.82, 2.24) is 0 Å². The molecule has 3 unspecified atom stereocenters. The molecule has 0 spiro atoms. The Labute approximate surface area is 155 Å². The topological polar surface area (TPSA) is 152 Å². The van der Waals surface area contributed by atoms with Gasteiger partial charge in [-0.3, -0.25) is 0 Å². The molecular weight excluding hydrogens is 365 g/mol. The third-order valence-corrected chi connectivity index (χ3v) is 3.36. The van der Waals surface area contributed by atoms with Crippen molar-refractivity contribution in [3.63, 3.8) is 0 Å². The normalized spacial score (nSPS) is 21.2. The molecule has 0 saturated carbocycles. The van der Waals surface area contributed by atoms with Crippen LogP contribution in [0.1, 0.15) is 20.3 Å². The first-order chi connectivity index (χ1) is 12.4. The molecule has 2 rings (SSSR count). The van der Waals surface area contributed by atoms with E-state index in [4.69, 9.17) is 29.8 Å². The monoisotopic (exact) mass is 397 g/mol. The first-order valence-electron chi connectivity index (χ1n) is 8.12. The maximum Gasteiger partial charge on any atom is 0.327 e. The van der Waals surface area contributed by atoms with E-state index in [-0.39, 0.29) is 25.7 Å². The standard InChI is InChI=1S/C7H9NO.C6H13O6P.C2H6.CH4O/c1-8-6-2-4-7(9)5-3-6;7-5-1-4(2-12-13(9)10)11-3-6(5)8;2*1-2/h2-5,8-9H,1H3;4-10H,1-3H2;1-2H3;2H,1H3. The molecule has 10 heteroatoms. The highest BCUT2D eigenvalue weighted by Gasteiger charge is 2.28. The summed E-state index contributed by atoms with van der Waals surface area (Å²) in [6.07, 6.45) is -1.83. The molecule has 0 amide bonds. The van der Waals surface area contributed by atoms with Gasteiger partial charge in [-0.05, 0) is 24.3 Å². The number of benzene rings is 1. The van der Waals surface area contributed by atoms with E-state index in [1.165, 1.54) is 0 Å². The van der Waals surface area contributed by atoms with Crippen LogP contribution < -0.4 is 5.32 Å². The Morgan fingerprint density at radius 3 is 2.08 bits per heavy atom. The summed E-state index contributed by atoms with van der Waals surface area (Å²) in [5, 5.41) is 37.0. The van der Waals surface area contributed by atoms with Crippen LogP contribution in [0.4, 0.5) is 5.69 Å². The molecule has 1 aromatic carbocycles. The van der Waals surface area contributed by atoms with Gasteiger partial charge in [-0.2, -0.15) is 0 Å². The van der Waals surface area contributed by atoms with Crippen molar-refractivity contribution in [2.75, 3.05) is 32.7 Å². The zero-order valence-electron chi connectivity index (χ0n) is 15.6. The minimum absolute atomic E-state index is 0.0164. The summed E-state index contributed by atoms with van der Waals surface area (Å²) >= 11 is 0. The number of phenolic OH excluding ortho intramolecular Hbond substituents is 1. The van der Waals surface area contributed by atoms with E-state index in [2.05, 4.69) is 9.84 Å². The average Bonchev–Trinajstić information content (AvgIpc) is 2.67. The lowest BCUT2D eigenvalue weighted by molar-refractivity contribution is -0.129. The zero-order chi connectivity index (χ0) is 20.5. The molecule has 0 bridgehead atoms. The third kappa shape index (κ3) is 13.2. The number of aliphatic hydroxyl groups is 3. The van der Waals surface area contributed by atoms with Gasteiger partial charge in [0, 0.05) is 26.3 Å². The van der Waals surface area contributed by atoms with E-state index in [9.17, 15) is 5.11 Å². The minimum Gasteiger partial charge on any atom is -0.508 e. The fourth-order valence-electron chi connectivity index (χ4n) is 1.73. The van der Waals surface area contributed by atoms with Gasteiger partial charge in [0.05, 0.1) is 25.4 Å². The number of aliphatic hydroxyl groups excluding tert-OH is 3. The Kier molecular flexibility index (Phi) is 18.2. The van der Waals surface area contributed by atoms with Crippen LogP contribution >= 0.6 is 8.60 Å². The SMILES string of the molecule is CC.CNc1ccc(O)cc1.CO.OC1COC(COP(O)O)CC1O. The summed E-state index contributed by atoms with van der Waals surface area (Å²) in [6, 6.07) is 6.92. The van der Waals surface area contributed by atoms with E-state index in [1.54, 1.807) is 12.1 Å². The predicted octanol–water partition coefficient (Wildman–Crippen LogP) is 0.794. The molecule has 1 aliphatic rings. The highest BCUT2D eigenvalue weighted by Crippen LogP contribution is 2.26. The Bertz CT molecular complexity index is 421. The molecular formula is C16H32NO8P. The number of anilines is 1. The van der Waals surface area contributed by atoms with Gasteiger partial charge in [-0.1, -0.05) is 13.8 Å². The van der Waals surface area contributed by atoms with E-state index in [0.717, 1.165) is 12.8 Å². The lowest BCUT2D eigenvalue weighted by atomic mass is 10.0. The summed E-state index contributed by atoms with van der Waals surface area (Å²) in [4.78, 5) is 16.9. The van der Waals surface area contributed by atoms with Crippen molar-refractivity contribution >= 4 is 14.3 Å². The molecule has 1 aromatic rings. The second-order valence-electron chi connectivity index (χ2n) is 4.67. The highest BCUT2D eigenvalue weighted by molar-refractivity contribution is 7.39. The van der Waals surface area contributed by atoms with Gasteiger partial charge >= 0.3 is 8.60 Å². The molecule has 7 N–H and O–H groups in total. The van der Waals surface area contributed by atoms with Crippen molar-refractivity contribution < 1.29 is 39.5 Å². The van der Waals surface area contributed by atoms with E-state index in [1.807, 2.05) is 33.0 Å². The summed E-state index contributed by atoms with van der Waals surface area (Å²) in [5.74, 6) is 0.300. The van der Waals surface area contributed by atoms with Crippen LogP contribution in [0.3, 0.4) is 0 Å². The zero-order valence-corrected chi connectivity index (χ0v) is 16.5. The molecule has 0 aliphatic carbocycles. The van der Waals surface area contributed by atoms with Crippen molar-refractivity contribution in [2.24, 2.45) is 0 Å². The summed E-state index contributed by atoms with van der Waals surface area (Å²) in [5.41, 5.74) is 1.01. The number of hydrogen-bond donors (Lipinski definition) is 7. The third-order valence-electron chi connectivity index (χ3n) is 2.98. The van der Waals surface area contributed by atoms with Crippen molar-refractivity contribution in [3.05, 3.63) is 24.3 Å². The fraction of sp³-hybridized carbons (Fsp3) is 0.625. The Hall–Kier alpha value is -1.03. The number of phenols is 1. The Balaban J connectivity index is 0. The summed E-state index contributed by atoms with van der Waals surface area (Å²) in [7, 11) is 0.465. The summed E-state index contributed by atoms with van der Waals surface area (Å²) in [6.45, 7) is 4.06. The van der Waals surface area contributed by atoms with Gasteiger partial charge < -0.3 is 44.8 Å². The smallest absolute Gasteiger partial charge is 0.327 e. The summed E-state index contributed by atoms with van der Waals surface area (Å²) < 4.78 is 9.59. The lowest BCUT2D eigenvalue weighted by Gasteiger charge is -2.30. The molecule has 3 atom stereocenters. The number of ether oxygens (including phenoxy) is 1. The van der Waals surface area contributed by atoms with Crippen molar-refractivity contribution in [2.45, 2.75) is 38.6 Å². The maximum absolute atomic E-state index is 9.21. The molecule has 1 fully saturated rings. The minimum atomic E-state index is -2.37. The first-order valence-corrected chi connectivity index (χ1v) is 9.29. The highest BCUT2D eigenvalue weighted by atomic mass is 31.2. The van der Waals surface area contributed by atoms with Gasteiger partial charge in [0.15, 0.2) is 0 Å². The number of rotatable bonds is 4. The Morgan fingerprint density at radius 2 is 1.65 bits per heavy atom. The second kappa shape index (κ2) is 17.4. The molecule has 0 aromatic heterocycles. The van der Waals surface area contributed by atoms with Gasteiger partial charge in [-0.15, -0.1) is 0 Å². The van der Waals surface area contributed by atoms with Gasteiger partial charge in [-0.25, -0.2) is 0 Å². The van der Waals surface area contributed by atoms with Crippen LogP contribution in [-0.2, 0) is 9.26 Å². The second-order valence-corrected chi connectivity index (χ2v) is 5.43. The van der Waals surface area contributed by atoms with Crippen LogP contribution in [0.5, 0.6) is 5.75 Å². The van der Waals surface area contributed by atoms with Crippen LogP contribution in [0.25, 0.3) is 0 Å². The van der Waals surface area contributed by atoms with Crippen molar-refractivity contribution in [3.8, 4) is 5.75 Å². The number of aromatic hydroxyl groups is 1. The number of hydrogen-bond acceptors (Lipinski definition) is 9. The Morgan fingerprint density at radius 1 is 1.12 bits per heavy atom. The quantitative estimate of drug-likeness (QED) is 0.289. The molecule has 1 saturated heterocycles. The molecule has 154 valence electrons. The van der Waals surface area contributed by atoms with Crippen LogP contribution in [0.2, 0.25) is 0 Å². The lowest BCUT2D eigenvalue weighted by Crippen LogP contribution is -2.42. The molecule has 1 heterocycles. The average molecular weight is 397 g/mol. The van der Waals surface area contributed by atoms with E-state index >= 15 is 0 Å². The van der Waals surface area contributed by atoms with Crippen molar-refractivity contribution in [1.29, 1.82) is 0 Å². The predicted molar refractivity (Wildman–Crippen MR) is 101 cm³/mol. The largest absolute Gasteiger partial charge is 0.508 e. The number of nitrogens with one attached hydrogen (secondary N) is 1. The van der Waals surface area contributed by atoms with Crippen LogP contribution in [-0.4, -0.2) is 75.9 Å². The van der Waals surface area contributed by atoms with Gasteiger partial charge in [0.25, 0.3) is 0 Å². The van der Waals surface area contributed by atoms with E-state index < -0.39 is 20.8 Å². The van der Waals surface area contributed by atoms with Gasteiger partial charge in [0.1, 0.15) is 11.9 Å². The van der Waals surface area contributed by atoms with E-state index in [0.29, 0.717) is 5.75 Å². The molecule has 1 aliphatic heterocycles. The fourth-order valence-corrected chi connectivity index (χ4v) is 2.03. The maximum atomic E-state index is 9.21. The van der Waals surface area contributed by atoms with Gasteiger partial charge in [0.2, 0.25) is 0 Å². The molecule has 9 nitrogen and oxygen atoms in total. The van der Waals surface area contributed by atoms with Crippen LogP contribution in [0, 0.1) is 0 Å². The van der Waals surface area contributed by atoms with Crippen LogP contribution in [0.15, 0.2) is 24.3 Å². The molecule has 0 radical (unpaired) electrons. The molecule has 26 heavy (non-hydrogen) atoms.